The SMILES string of the molecule is Cc1c(NS(=O)(=O)c2ccccc2)cccc1C(=O)Nc1ccc(I)cc1. The highest BCUT2D eigenvalue weighted by Gasteiger charge is 2.17. The molecular weight excluding hydrogens is 475 g/mol. The van der Waals surface area contributed by atoms with Crippen LogP contribution >= 0.6 is 22.6 Å². The quantitative estimate of drug-likeness (QED) is 0.510. The van der Waals surface area contributed by atoms with Crippen LogP contribution in [0.1, 0.15) is 15.9 Å². The van der Waals surface area contributed by atoms with Crippen molar-refractivity contribution in [2.75, 3.05) is 10.0 Å². The van der Waals surface area contributed by atoms with Crippen LogP contribution in [0.25, 0.3) is 0 Å². The zero-order valence-corrected chi connectivity index (χ0v) is 17.4. The average Bonchev–Trinajstić information content (AvgIpc) is 2.66. The molecule has 0 saturated heterocycles. The molecule has 0 aliphatic carbocycles. The Bertz CT molecular complexity index is 1070. The largest absolute Gasteiger partial charge is 0.322 e. The molecule has 0 saturated carbocycles. The summed E-state index contributed by atoms with van der Waals surface area (Å²) in [5, 5.41) is 2.83. The predicted molar refractivity (Wildman–Crippen MR) is 116 cm³/mol. The minimum Gasteiger partial charge on any atom is -0.322 e. The minimum atomic E-state index is -3.72. The van der Waals surface area contributed by atoms with Gasteiger partial charge in [-0.3, -0.25) is 9.52 Å². The van der Waals surface area contributed by atoms with Crippen molar-refractivity contribution in [3.63, 3.8) is 0 Å². The van der Waals surface area contributed by atoms with E-state index in [1.54, 1.807) is 43.3 Å². The lowest BCUT2D eigenvalue weighted by Gasteiger charge is -2.14. The minimum absolute atomic E-state index is 0.165. The van der Waals surface area contributed by atoms with Crippen LogP contribution in [-0.2, 0) is 10.0 Å². The van der Waals surface area contributed by atoms with Crippen molar-refractivity contribution in [3.8, 4) is 0 Å². The van der Waals surface area contributed by atoms with E-state index in [1.165, 1.54) is 12.1 Å². The summed E-state index contributed by atoms with van der Waals surface area (Å²) in [5.41, 5.74) is 2.01. The first-order valence-electron chi connectivity index (χ1n) is 8.11. The smallest absolute Gasteiger partial charge is 0.261 e. The number of nitrogens with one attached hydrogen (secondary N) is 2. The lowest BCUT2D eigenvalue weighted by Crippen LogP contribution is -2.17. The number of amides is 1. The Hall–Kier alpha value is -2.39. The summed E-state index contributed by atoms with van der Waals surface area (Å²) in [4.78, 5) is 12.8. The topological polar surface area (TPSA) is 75.3 Å². The second kappa shape index (κ2) is 8.10. The molecule has 5 nitrogen and oxygen atoms in total. The molecule has 3 aromatic rings. The number of carbonyl (C=O) groups is 1. The highest BCUT2D eigenvalue weighted by Crippen LogP contribution is 2.23. The maximum absolute atomic E-state index is 12.6. The standard InChI is InChI=1S/C20H17IN2O3S/c1-14-18(20(24)22-16-12-10-15(21)11-13-16)8-5-9-19(14)23-27(25,26)17-6-3-2-4-7-17/h2-13,23H,1H3,(H,22,24). The fourth-order valence-electron chi connectivity index (χ4n) is 2.53. The van der Waals surface area contributed by atoms with E-state index in [0.717, 1.165) is 3.57 Å². The molecule has 0 bridgehead atoms. The summed E-state index contributed by atoms with van der Waals surface area (Å²) in [6, 6.07) is 20.5. The Morgan fingerprint density at radius 1 is 0.889 bits per heavy atom. The van der Waals surface area contributed by atoms with Gasteiger partial charge in [-0.15, -0.1) is 0 Å². The molecule has 0 heterocycles. The Morgan fingerprint density at radius 3 is 2.22 bits per heavy atom. The number of rotatable bonds is 5. The Balaban J connectivity index is 1.85. The molecule has 0 unspecified atom stereocenters. The molecule has 1 amide bonds. The third-order valence-corrected chi connectivity index (χ3v) is 6.08. The number of hydrogen-bond acceptors (Lipinski definition) is 3. The maximum atomic E-state index is 12.6. The molecule has 7 heteroatoms. The average molecular weight is 492 g/mol. The van der Waals surface area contributed by atoms with E-state index in [1.807, 2.05) is 24.3 Å². The van der Waals surface area contributed by atoms with Gasteiger partial charge in [-0.2, -0.15) is 0 Å². The number of hydrogen-bond donors (Lipinski definition) is 2. The zero-order chi connectivity index (χ0) is 19.4. The van der Waals surface area contributed by atoms with E-state index < -0.39 is 10.0 Å². The van der Waals surface area contributed by atoms with Gasteiger partial charge in [0.2, 0.25) is 0 Å². The highest BCUT2D eigenvalue weighted by molar-refractivity contribution is 14.1. The molecule has 138 valence electrons. The first-order valence-corrected chi connectivity index (χ1v) is 10.7. The summed E-state index contributed by atoms with van der Waals surface area (Å²) < 4.78 is 28.7. The van der Waals surface area contributed by atoms with Gasteiger partial charge in [-0.25, -0.2) is 8.42 Å². The van der Waals surface area contributed by atoms with Gasteiger partial charge in [0, 0.05) is 14.8 Å². The van der Waals surface area contributed by atoms with Gasteiger partial charge >= 0.3 is 0 Å². The molecule has 3 aromatic carbocycles. The van der Waals surface area contributed by atoms with Crippen LogP contribution in [0.15, 0.2) is 77.7 Å². The van der Waals surface area contributed by atoms with Crippen molar-refractivity contribution < 1.29 is 13.2 Å². The van der Waals surface area contributed by atoms with E-state index in [-0.39, 0.29) is 10.8 Å². The first kappa shape index (κ1) is 19.4. The third kappa shape index (κ3) is 4.67. The monoisotopic (exact) mass is 492 g/mol. The van der Waals surface area contributed by atoms with Gasteiger partial charge in [0.25, 0.3) is 15.9 Å². The number of sulfonamides is 1. The summed E-state index contributed by atoms with van der Waals surface area (Å²) in [7, 11) is -3.72. The van der Waals surface area contributed by atoms with Crippen LogP contribution in [0, 0.1) is 10.5 Å². The molecule has 3 rings (SSSR count). The molecule has 0 atom stereocenters. The molecule has 2 N–H and O–H groups in total. The van der Waals surface area contributed by atoms with Crippen molar-refractivity contribution in [2.45, 2.75) is 11.8 Å². The number of anilines is 2. The summed E-state index contributed by atoms with van der Waals surface area (Å²) >= 11 is 2.19. The van der Waals surface area contributed by atoms with Gasteiger partial charge in [-0.05, 0) is 83.6 Å². The Kier molecular flexibility index (Phi) is 5.81. The van der Waals surface area contributed by atoms with Gasteiger partial charge in [0.1, 0.15) is 0 Å². The molecule has 0 aromatic heterocycles. The first-order chi connectivity index (χ1) is 12.9. The van der Waals surface area contributed by atoms with Crippen molar-refractivity contribution in [1.82, 2.24) is 0 Å². The molecular formula is C20H17IN2O3S. The van der Waals surface area contributed by atoms with E-state index in [4.69, 9.17) is 0 Å². The van der Waals surface area contributed by atoms with Gasteiger partial charge in [-0.1, -0.05) is 24.3 Å². The molecule has 0 fully saturated rings. The summed E-state index contributed by atoms with van der Waals surface area (Å²) in [5.74, 6) is -0.297. The Morgan fingerprint density at radius 2 is 1.56 bits per heavy atom. The fraction of sp³-hybridized carbons (Fsp3) is 0.0500. The van der Waals surface area contributed by atoms with Gasteiger partial charge in [0.15, 0.2) is 0 Å². The lowest BCUT2D eigenvalue weighted by atomic mass is 10.1. The second-order valence-electron chi connectivity index (χ2n) is 5.86. The van der Waals surface area contributed by atoms with Gasteiger partial charge in [0.05, 0.1) is 10.6 Å². The molecule has 27 heavy (non-hydrogen) atoms. The van der Waals surface area contributed by atoms with Crippen LogP contribution in [0.2, 0.25) is 0 Å². The Labute approximate surface area is 172 Å². The third-order valence-electron chi connectivity index (χ3n) is 3.98. The van der Waals surface area contributed by atoms with Crippen LogP contribution < -0.4 is 10.0 Å². The van der Waals surface area contributed by atoms with Crippen molar-refractivity contribution in [1.29, 1.82) is 0 Å². The second-order valence-corrected chi connectivity index (χ2v) is 8.79. The summed E-state index contributed by atoms with van der Waals surface area (Å²) in [6.07, 6.45) is 0. The fourth-order valence-corrected chi connectivity index (χ4v) is 4.03. The van der Waals surface area contributed by atoms with Crippen LogP contribution in [0.5, 0.6) is 0 Å². The molecule has 0 spiro atoms. The maximum Gasteiger partial charge on any atom is 0.261 e. The van der Waals surface area contributed by atoms with Crippen LogP contribution in [-0.4, -0.2) is 14.3 Å². The molecule has 0 aliphatic heterocycles. The van der Waals surface area contributed by atoms with E-state index in [9.17, 15) is 13.2 Å². The number of carbonyl (C=O) groups excluding carboxylic acids is 1. The van der Waals surface area contributed by atoms with Crippen molar-refractivity contribution in [3.05, 3.63) is 87.5 Å². The molecule has 0 radical (unpaired) electrons. The van der Waals surface area contributed by atoms with Crippen LogP contribution in [0.4, 0.5) is 11.4 Å². The van der Waals surface area contributed by atoms with E-state index in [0.29, 0.717) is 22.5 Å². The lowest BCUT2D eigenvalue weighted by molar-refractivity contribution is 0.102. The zero-order valence-electron chi connectivity index (χ0n) is 14.4. The summed E-state index contributed by atoms with van der Waals surface area (Å²) in [6.45, 7) is 1.71. The van der Waals surface area contributed by atoms with E-state index >= 15 is 0 Å². The predicted octanol–water partition coefficient (Wildman–Crippen LogP) is 4.65. The van der Waals surface area contributed by atoms with Gasteiger partial charge < -0.3 is 5.32 Å². The van der Waals surface area contributed by atoms with Crippen LogP contribution in [0.3, 0.4) is 0 Å². The van der Waals surface area contributed by atoms with Crippen molar-refractivity contribution >= 4 is 49.9 Å². The normalized spacial score (nSPS) is 11.0. The number of benzene rings is 3. The van der Waals surface area contributed by atoms with E-state index in [2.05, 4.69) is 32.6 Å². The molecule has 0 aliphatic rings. The highest BCUT2D eigenvalue weighted by atomic mass is 127. The number of halogens is 1. The van der Waals surface area contributed by atoms with Crippen molar-refractivity contribution in [2.24, 2.45) is 0 Å².